The Morgan fingerprint density at radius 1 is 1.17 bits per heavy atom. The van der Waals surface area contributed by atoms with E-state index in [1.807, 2.05) is 37.4 Å². The van der Waals surface area contributed by atoms with Crippen LogP contribution in [0, 0.1) is 17.3 Å². The van der Waals surface area contributed by atoms with Crippen molar-refractivity contribution in [1.82, 2.24) is 29.8 Å². The zero-order chi connectivity index (χ0) is 42.7. The number of nitrogens with one attached hydrogen (secondary N) is 2. The number of fused-ring (bicyclic) bond motifs is 2. The number of allylic oxidation sites excluding steroid dienone is 1. The quantitative estimate of drug-likeness (QED) is 0.178. The average molecular weight is 884 g/mol. The van der Waals surface area contributed by atoms with Crippen molar-refractivity contribution in [1.29, 1.82) is 0 Å². The second-order valence-corrected chi connectivity index (χ2v) is 21.3. The molecular formula is C43H55ClN6O8S2. The van der Waals surface area contributed by atoms with Crippen LogP contribution in [0.3, 0.4) is 0 Å². The van der Waals surface area contributed by atoms with Crippen molar-refractivity contribution in [2.24, 2.45) is 17.3 Å². The first-order valence-corrected chi connectivity index (χ1v) is 23.8. The van der Waals surface area contributed by atoms with Gasteiger partial charge in [-0.25, -0.2) is 18.4 Å². The molecule has 3 aliphatic heterocycles. The first-order valence-electron chi connectivity index (χ1n) is 21.0. The van der Waals surface area contributed by atoms with Crippen LogP contribution in [0.25, 0.3) is 21.6 Å². The molecule has 2 aromatic heterocycles. The standard InChI is InChI=1S/C43H55ClN6O8S2/c1-7-26-20-43(26,41(53)48-60(54,55)42(6)10-11-42)21-32(51)30-19-35(31-22-45-37(25(4)5)40(52)50(30)31)58-34-18-28(39-47-29(23-59-39)24(2)3)46-38-27(34)8-9-33(36(38)44)57-17-14-49-12-15-56-16-13-49/h7-9,18,23-26,30-31,35,37,45H,1,10-17,19-22H2,2-6H3,(H,48,53)/t26-,30+,31-,35-,37-,43-/m1/s1. The molecule has 324 valence electrons. The lowest BCUT2D eigenvalue weighted by Crippen LogP contribution is -2.64. The van der Waals surface area contributed by atoms with Crippen molar-refractivity contribution in [3.63, 3.8) is 0 Å². The van der Waals surface area contributed by atoms with Gasteiger partial charge in [0, 0.05) is 55.9 Å². The number of amides is 2. The fraction of sp³-hybridized carbons (Fsp3) is 0.605. The molecule has 1 aromatic carbocycles. The summed E-state index contributed by atoms with van der Waals surface area (Å²) in [4.78, 5) is 56.5. The SMILES string of the molecule is C=C[C@@H]1C[C@]1(CC(=O)[C@@H]1C[C@@H](Oc2cc(-c3nc(C(C)C)cs3)nc3c(Cl)c(OCCN4CCOCC4)ccc23)[C@H]2CN[C@H](C(C)C)C(=O)N21)C(=O)NS(=O)(=O)C1(C)CC1. The normalized spacial score (nSPS) is 27.6. The lowest BCUT2D eigenvalue weighted by atomic mass is 9.91. The summed E-state index contributed by atoms with van der Waals surface area (Å²) < 4.78 is 46.2. The predicted molar refractivity (Wildman–Crippen MR) is 230 cm³/mol. The molecule has 2 N–H and O–H groups in total. The molecule has 2 amide bonds. The predicted octanol–water partition coefficient (Wildman–Crippen LogP) is 5.34. The molecule has 5 fully saturated rings. The van der Waals surface area contributed by atoms with E-state index in [1.54, 1.807) is 17.9 Å². The van der Waals surface area contributed by atoms with Gasteiger partial charge in [0.1, 0.15) is 39.9 Å². The topological polar surface area (TPSA) is 169 Å². The number of thiazole rings is 1. The number of carbonyl (C=O) groups excluding carboxylic acids is 3. The minimum atomic E-state index is -3.93. The maximum atomic E-state index is 14.6. The van der Waals surface area contributed by atoms with Gasteiger partial charge in [0.05, 0.1) is 52.7 Å². The summed E-state index contributed by atoms with van der Waals surface area (Å²) in [6.45, 7) is 18.1. The van der Waals surface area contributed by atoms with Crippen LogP contribution in [0.15, 0.2) is 36.2 Å². The van der Waals surface area contributed by atoms with Crippen molar-refractivity contribution in [2.45, 2.75) is 102 Å². The van der Waals surface area contributed by atoms with E-state index in [-0.39, 0.29) is 42.3 Å². The van der Waals surface area contributed by atoms with E-state index < -0.39 is 50.3 Å². The zero-order valence-corrected chi connectivity index (χ0v) is 37.3. The fourth-order valence-corrected chi connectivity index (χ4v) is 11.3. The van der Waals surface area contributed by atoms with Gasteiger partial charge in [-0.2, -0.15) is 0 Å². The Labute approximate surface area is 360 Å². The third-order valence-electron chi connectivity index (χ3n) is 13.1. The molecule has 6 atom stereocenters. The van der Waals surface area contributed by atoms with Crippen molar-refractivity contribution in [3.8, 4) is 22.2 Å². The van der Waals surface area contributed by atoms with Crippen LogP contribution in [0.5, 0.6) is 11.5 Å². The summed E-state index contributed by atoms with van der Waals surface area (Å²) in [6.07, 6.45) is 2.13. The van der Waals surface area contributed by atoms with E-state index in [9.17, 15) is 22.8 Å². The summed E-state index contributed by atoms with van der Waals surface area (Å²) in [5.74, 6) is -0.482. The highest BCUT2D eigenvalue weighted by molar-refractivity contribution is 7.91. The van der Waals surface area contributed by atoms with E-state index >= 15 is 0 Å². The highest BCUT2D eigenvalue weighted by atomic mass is 35.5. The smallest absolute Gasteiger partial charge is 0.241 e. The van der Waals surface area contributed by atoms with E-state index in [0.29, 0.717) is 83.8 Å². The van der Waals surface area contributed by atoms with Crippen LogP contribution in [-0.2, 0) is 29.1 Å². The number of ether oxygens (including phenoxy) is 3. The van der Waals surface area contributed by atoms with Crippen LogP contribution in [0.1, 0.15) is 78.3 Å². The number of hydrogen-bond donors (Lipinski definition) is 2. The second kappa shape index (κ2) is 16.6. The molecule has 5 aliphatic rings. The summed E-state index contributed by atoms with van der Waals surface area (Å²) in [5.41, 5.74) is 0.707. The van der Waals surface area contributed by atoms with Crippen molar-refractivity contribution < 1.29 is 37.0 Å². The number of halogens is 1. The molecule has 0 radical (unpaired) electrons. The van der Waals surface area contributed by atoms with E-state index in [1.165, 1.54) is 11.3 Å². The Balaban J connectivity index is 1.10. The molecule has 5 heterocycles. The minimum absolute atomic E-state index is 0.0537. The van der Waals surface area contributed by atoms with E-state index in [4.69, 9.17) is 35.8 Å². The molecule has 2 saturated carbocycles. The molecule has 0 bridgehead atoms. The first kappa shape index (κ1) is 43.0. The van der Waals surface area contributed by atoms with Crippen LogP contribution in [0.4, 0.5) is 0 Å². The summed E-state index contributed by atoms with van der Waals surface area (Å²) in [6, 6.07) is 3.58. The number of rotatable bonds is 16. The number of aromatic nitrogens is 2. The first-order chi connectivity index (χ1) is 28.6. The third kappa shape index (κ3) is 8.08. The molecule has 0 spiro atoms. The number of carbonyl (C=O) groups is 3. The van der Waals surface area contributed by atoms with Gasteiger partial charge in [-0.15, -0.1) is 17.9 Å². The van der Waals surface area contributed by atoms with Crippen LogP contribution < -0.4 is 19.5 Å². The summed E-state index contributed by atoms with van der Waals surface area (Å²) in [7, 11) is -3.93. The van der Waals surface area contributed by atoms with Crippen LogP contribution >= 0.6 is 22.9 Å². The largest absolute Gasteiger partial charge is 0.491 e. The molecule has 60 heavy (non-hydrogen) atoms. The van der Waals surface area contributed by atoms with Gasteiger partial charge in [-0.05, 0) is 56.1 Å². The number of Topliss-reactive ketones (excluding diaryl/α,β-unsaturated/α-hetero) is 1. The van der Waals surface area contributed by atoms with Gasteiger partial charge in [-0.3, -0.25) is 24.0 Å². The van der Waals surface area contributed by atoms with Gasteiger partial charge < -0.3 is 24.4 Å². The number of hydrogen-bond acceptors (Lipinski definition) is 13. The number of morpholine rings is 1. The lowest BCUT2D eigenvalue weighted by molar-refractivity contribution is -0.146. The van der Waals surface area contributed by atoms with Crippen molar-refractivity contribution >= 4 is 61.5 Å². The fourth-order valence-electron chi connectivity index (χ4n) is 8.75. The maximum Gasteiger partial charge on any atom is 0.241 e. The second-order valence-electron chi connectivity index (χ2n) is 17.9. The Morgan fingerprint density at radius 3 is 2.57 bits per heavy atom. The molecule has 8 rings (SSSR count). The Morgan fingerprint density at radius 2 is 1.92 bits per heavy atom. The lowest BCUT2D eigenvalue weighted by Gasteiger charge is -2.40. The maximum absolute atomic E-state index is 14.6. The Hall–Kier alpha value is -3.67. The van der Waals surface area contributed by atoms with Gasteiger partial charge in [0.25, 0.3) is 0 Å². The van der Waals surface area contributed by atoms with Gasteiger partial charge in [0.15, 0.2) is 5.78 Å². The molecule has 17 heteroatoms. The number of ketones is 1. The van der Waals surface area contributed by atoms with Gasteiger partial charge in [-0.1, -0.05) is 45.4 Å². The van der Waals surface area contributed by atoms with Crippen molar-refractivity contribution in [3.05, 3.63) is 47.0 Å². The number of pyridine rings is 1. The molecule has 2 aliphatic carbocycles. The van der Waals surface area contributed by atoms with Crippen molar-refractivity contribution in [2.75, 3.05) is 46.0 Å². The number of piperazine rings is 1. The van der Waals surface area contributed by atoms with Gasteiger partial charge >= 0.3 is 0 Å². The number of benzene rings is 1. The number of nitrogens with zero attached hydrogens (tertiary/aromatic N) is 4. The minimum Gasteiger partial charge on any atom is -0.491 e. The van der Waals surface area contributed by atoms with Crippen LogP contribution in [0.2, 0.25) is 5.02 Å². The average Bonchev–Trinajstić information content (AvgIpc) is 4.02. The zero-order valence-electron chi connectivity index (χ0n) is 34.9. The Bertz CT molecular complexity index is 2290. The summed E-state index contributed by atoms with van der Waals surface area (Å²) >= 11 is 8.59. The molecule has 0 unspecified atom stereocenters. The molecule has 14 nitrogen and oxygen atoms in total. The van der Waals surface area contributed by atoms with E-state index in [2.05, 4.69) is 35.4 Å². The molecule has 3 aromatic rings. The molecule has 3 saturated heterocycles. The monoisotopic (exact) mass is 882 g/mol. The van der Waals surface area contributed by atoms with Gasteiger partial charge in [0.2, 0.25) is 21.8 Å². The van der Waals surface area contributed by atoms with Crippen LogP contribution in [-0.4, -0.2) is 121 Å². The molecular weight excluding hydrogens is 828 g/mol. The van der Waals surface area contributed by atoms with E-state index in [0.717, 1.165) is 25.3 Å². The highest BCUT2D eigenvalue weighted by Crippen LogP contribution is 2.57. The third-order valence-corrected chi connectivity index (χ3v) is 16.5. The number of sulfonamides is 1. The highest BCUT2D eigenvalue weighted by Gasteiger charge is 2.63. The summed E-state index contributed by atoms with van der Waals surface area (Å²) in [5, 5.41) is 7.08. The Kier molecular flexibility index (Phi) is 11.9.